The smallest absolute Gasteiger partial charge is 0.335 e. The number of carboxylic acid groups (broad SMARTS) is 1. The van der Waals surface area contributed by atoms with Crippen LogP contribution in [0, 0.1) is 4.77 Å². The number of nitrogens with zero attached hydrogens (tertiary/aromatic N) is 3. The van der Waals surface area contributed by atoms with Gasteiger partial charge in [-0.2, -0.15) is 14.9 Å². The van der Waals surface area contributed by atoms with Gasteiger partial charge in [0.1, 0.15) is 11.5 Å². The molecule has 0 fully saturated rings. The van der Waals surface area contributed by atoms with Gasteiger partial charge < -0.3 is 9.52 Å². The van der Waals surface area contributed by atoms with Gasteiger partial charge in [0.15, 0.2) is 5.82 Å². The first-order valence-electron chi connectivity index (χ1n) is 7.22. The molecule has 3 aromatic rings. The van der Waals surface area contributed by atoms with Crippen molar-refractivity contribution in [3.05, 3.63) is 58.3 Å². The van der Waals surface area contributed by atoms with Gasteiger partial charge in [-0.1, -0.05) is 19.1 Å². The molecule has 0 spiro atoms. The van der Waals surface area contributed by atoms with Crippen LogP contribution in [0.3, 0.4) is 0 Å². The van der Waals surface area contributed by atoms with Crippen LogP contribution in [0.5, 0.6) is 0 Å². The number of hydrogen-bond acceptors (Lipinski definition) is 5. The van der Waals surface area contributed by atoms with Crippen molar-refractivity contribution in [2.24, 2.45) is 5.10 Å². The van der Waals surface area contributed by atoms with Gasteiger partial charge in [-0.25, -0.2) is 4.79 Å². The normalized spacial score (nSPS) is 11.2. The van der Waals surface area contributed by atoms with Crippen molar-refractivity contribution in [2.45, 2.75) is 13.3 Å². The summed E-state index contributed by atoms with van der Waals surface area (Å²) in [7, 11) is 0. The van der Waals surface area contributed by atoms with E-state index in [9.17, 15) is 4.79 Å². The summed E-state index contributed by atoms with van der Waals surface area (Å²) in [6, 6.07) is 10.0. The van der Waals surface area contributed by atoms with Crippen molar-refractivity contribution < 1.29 is 14.3 Å². The van der Waals surface area contributed by atoms with E-state index in [4.69, 9.17) is 21.7 Å². The van der Waals surface area contributed by atoms with E-state index in [-0.39, 0.29) is 5.56 Å². The van der Waals surface area contributed by atoms with Crippen LogP contribution in [0.4, 0.5) is 0 Å². The summed E-state index contributed by atoms with van der Waals surface area (Å²) in [5, 5.41) is 20.0. The largest absolute Gasteiger partial charge is 0.478 e. The highest BCUT2D eigenvalue weighted by molar-refractivity contribution is 7.71. The summed E-state index contributed by atoms with van der Waals surface area (Å²) in [6.45, 7) is 1.96. The lowest BCUT2D eigenvalue weighted by Crippen LogP contribution is -1.96. The predicted molar refractivity (Wildman–Crippen MR) is 90.9 cm³/mol. The number of nitrogens with one attached hydrogen (secondary N) is 1. The third-order valence-electron chi connectivity index (χ3n) is 3.38. The molecule has 0 amide bonds. The topological polar surface area (TPSA) is 96.4 Å². The van der Waals surface area contributed by atoms with Crippen LogP contribution in [0.15, 0.2) is 45.9 Å². The zero-order chi connectivity index (χ0) is 17.1. The Morgan fingerprint density at radius 1 is 1.38 bits per heavy atom. The molecule has 8 heteroatoms. The quantitative estimate of drug-likeness (QED) is 0.547. The Bertz CT molecular complexity index is 950. The number of rotatable bonds is 5. The molecule has 122 valence electrons. The monoisotopic (exact) mass is 342 g/mol. The third-order valence-corrected chi connectivity index (χ3v) is 3.64. The second kappa shape index (κ2) is 6.63. The molecule has 2 aromatic heterocycles. The molecule has 2 heterocycles. The second-order valence-electron chi connectivity index (χ2n) is 4.94. The molecule has 0 radical (unpaired) electrons. The summed E-state index contributed by atoms with van der Waals surface area (Å²) in [5.74, 6) is 0.946. The minimum Gasteiger partial charge on any atom is -0.478 e. The average molecular weight is 342 g/mol. The lowest BCUT2D eigenvalue weighted by Gasteiger charge is -1.98. The fraction of sp³-hybridized carbons (Fsp3) is 0.125. The second-order valence-corrected chi connectivity index (χ2v) is 5.33. The van der Waals surface area contributed by atoms with E-state index in [0.29, 0.717) is 22.7 Å². The Balaban J connectivity index is 1.83. The van der Waals surface area contributed by atoms with Gasteiger partial charge in [0.25, 0.3) is 0 Å². The van der Waals surface area contributed by atoms with Gasteiger partial charge in [-0.05, 0) is 36.5 Å². The van der Waals surface area contributed by atoms with E-state index < -0.39 is 5.97 Å². The van der Waals surface area contributed by atoms with Crippen molar-refractivity contribution in [3.63, 3.8) is 0 Å². The maximum absolute atomic E-state index is 10.9. The molecule has 0 unspecified atom stereocenters. The first-order chi connectivity index (χ1) is 11.6. The number of furan rings is 1. The number of aryl methyl sites for hydroxylation is 1. The molecule has 0 saturated carbocycles. The molecule has 24 heavy (non-hydrogen) atoms. The SMILES string of the molecule is CCc1n[nH]c(=S)n1/N=C\c1ccc(-c2ccc(C(=O)O)cc2)o1. The maximum atomic E-state index is 10.9. The van der Waals surface area contributed by atoms with E-state index >= 15 is 0 Å². The summed E-state index contributed by atoms with van der Waals surface area (Å²) in [6.07, 6.45) is 2.25. The van der Waals surface area contributed by atoms with Crippen LogP contribution in [0.25, 0.3) is 11.3 Å². The summed E-state index contributed by atoms with van der Waals surface area (Å²) in [5.41, 5.74) is 1.02. The van der Waals surface area contributed by atoms with E-state index in [2.05, 4.69) is 15.3 Å². The van der Waals surface area contributed by atoms with Crippen LogP contribution in [-0.2, 0) is 6.42 Å². The summed E-state index contributed by atoms with van der Waals surface area (Å²) >= 11 is 5.12. The average Bonchev–Trinajstić information content (AvgIpc) is 3.19. The first kappa shape index (κ1) is 15.9. The van der Waals surface area contributed by atoms with Crippen molar-refractivity contribution in [1.82, 2.24) is 14.9 Å². The minimum absolute atomic E-state index is 0.230. The number of carboxylic acids is 1. The van der Waals surface area contributed by atoms with Gasteiger partial charge in [0, 0.05) is 12.0 Å². The van der Waals surface area contributed by atoms with Crippen LogP contribution in [-0.4, -0.2) is 32.2 Å². The van der Waals surface area contributed by atoms with Gasteiger partial charge in [-0.15, -0.1) is 0 Å². The first-order valence-corrected chi connectivity index (χ1v) is 7.63. The molecule has 1 aromatic carbocycles. The van der Waals surface area contributed by atoms with Crippen LogP contribution < -0.4 is 0 Å². The van der Waals surface area contributed by atoms with Crippen molar-refractivity contribution in [3.8, 4) is 11.3 Å². The number of aromatic carboxylic acids is 1. The number of carbonyl (C=O) groups is 1. The fourth-order valence-electron chi connectivity index (χ4n) is 2.14. The summed E-state index contributed by atoms with van der Waals surface area (Å²) in [4.78, 5) is 10.9. The van der Waals surface area contributed by atoms with Crippen molar-refractivity contribution in [2.75, 3.05) is 0 Å². The number of hydrogen-bond donors (Lipinski definition) is 2. The predicted octanol–water partition coefficient (Wildman–Crippen LogP) is 3.34. The van der Waals surface area contributed by atoms with Crippen LogP contribution in [0.1, 0.15) is 28.9 Å². The Labute approximate surface area is 142 Å². The molecule has 0 aliphatic carbocycles. The van der Waals surface area contributed by atoms with Gasteiger partial charge in [0.05, 0.1) is 11.8 Å². The molecule has 0 aliphatic rings. The van der Waals surface area contributed by atoms with Crippen LogP contribution in [0.2, 0.25) is 0 Å². The standard InChI is InChI=1S/C16H14N4O3S/c1-2-14-18-19-16(24)20(14)17-9-12-7-8-13(23-12)10-3-5-11(6-4-10)15(21)22/h3-9H,2H2,1H3,(H,19,24)(H,21,22)/b17-9-. The lowest BCUT2D eigenvalue weighted by atomic mass is 10.1. The van der Waals surface area contributed by atoms with E-state index in [1.807, 2.05) is 6.92 Å². The molecule has 0 atom stereocenters. The zero-order valence-corrected chi connectivity index (χ0v) is 13.6. The Hall–Kier alpha value is -3.00. The number of benzene rings is 1. The van der Waals surface area contributed by atoms with Crippen molar-refractivity contribution in [1.29, 1.82) is 0 Å². The zero-order valence-electron chi connectivity index (χ0n) is 12.8. The number of aromatic amines is 1. The minimum atomic E-state index is -0.961. The Morgan fingerprint density at radius 3 is 2.79 bits per heavy atom. The molecular formula is C16H14N4O3S. The number of H-pyrrole nitrogens is 1. The molecule has 0 bridgehead atoms. The molecule has 7 nitrogen and oxygen atoms in total. The highest BCUT2D eigenvalue weighted by Gasteiger charge is 2.07. The van der Waals surface area contributed by atoms with Gasteiger partial charge in [-0.3, -0.25) is 5.10 Å². The summed E-state index contributed by atoms with van der Waals surface area (Å²) < 4.78 is 7.66. The van der Waals surface area contributed by atoms with E-state index in [1.54, 1.807) is 35.2 Å². The molecule has 2 N–H and O–H groups in total. The maximum Gasteiger partial charge on any atom is 0.335 e. The van der Waals surface area contributed by atoms with Gasteiger partial charge in [0.2, 0.25) is 4.77 Å². The lowest BCUT2D eigenvalue weighted by molar-refractivity contribution is 0.0697. The molecule has 0 aliphatic heterocycles. The van der Waals surface area contributed by atoms with Crippen molar-refractivity contribution >= 4 is 24.4 Å². The highest BCUT2D eigenvalue weighted by Crippen LogP contribution is 2.22. The molecular weight excluding hydrogens is 328 g/mol. The third kappa shape index (κ3) is 3.18. The van der Waals surface area contributed by atoms with Crippen LogP contribution >= 0.6 is 12.2 Å². The number of aromatic nitrogens is 3. The Kier molecular flexibility index (Phi) is 4.39. The highest BCUT2D eigenvalue weighted by atomic mass is 32.1. The van der Waals surface area contributed by atoms with E-state index in [1.165, 1.54) is 12.1 Å². The molecule has 3 rings (SSSR count). The fourth-order valence-corrected chi connectivity index (χ4v) is 2.34. The molecule has 0 saturated heterocycles. The Morgan fingerprint density at radius 2 is 2.12 bits per heavy atom. The van der Waals surface area contributed by atoms with Gasteiger partial charge >= 0.3 is 5.97 Å². The van der Waals surface area contributed by atoms with E-state index in [0.717, 1.165) is 11.4 Å².